The Bertz CT molecular complexity index is 472. The molecule has 2 heterocycles. The molecule has 1 fully saturated rings. The summed E-state index contributed by atoms with van der Waals surface area (Å²) in [5.74, 6) is -0.0613. The topological polar surface area (TPSA) is 48.5 Å². The van der Waals surface area contributed by atoms with Crippen LogP contribution < -0.4 is 5.32 Å². The van der Waals surface area contributed by atoms with Gasteiger partial charge >= 0.3 is 0 Å². The van der Waals surface area contributed by atoms with Crippen molar-refractivity contribution in [3.63, 3.8) is 0 Å². The van der Waals surface area contributed by atoms with Crippen molar-refractivity contribution in [1.29, 1.82) is 0 Å². The number of amides is 1. The van der Waals surface area contributed by atoms with Crippen LogP contribution in [0.4, 0.5) is 5.13 Å². The van der Waals surface area contributed by atoms with Gasteiger partial charge in [0, 0.05) is 72.6 Å². The van der Waals surface area contributed by atoms with Crippen LogP contribution in [0.3, 0.4) is 0 Å². The highest BCUT2D eigenvalue weighted by atomic mass is 127. The van der Waals surface area contributed by atoms with Gasteiger partial charge < -0.3 is 5.32 Å². The molecule has 0 bridgehead atoms. The number of piperazine rings is 1. The van der Waals surface area contributed by atoms with Crippen LogP contribution in [-0.4, -0.2) is 60.4 Å². The molecule has 1 saturated heterocycles. The monoisotopic (exact) mass is 422 g/mol. The molecule has 2 unspecified atom stereocenters. The molecule has 5 nitrogen and oxygen atoms in total. The lowest BCUT2D eigenvalue weighted by atomic mass is 10.1. The molecule has 0 aliphatic carbocycles. The summed E-state index contributed by atoms with van der Waals surface area (Å²) in [4.78, 5) is 19.0. The quantitative estimate of drug-likeness (QED) is 0.453. The van der Waals surface area contributed by atoms with Crippen LogP contribution in [0.5, 0.6) is 0 Å². The second kappa shape index (κ2) is 7.52. The van der Waals surface area contributed by atoms with Crippen LogP contribution in [0.15, 0.2) is 6.20 Å². The lowest BCUT2D eigenvalue weighted by molar-refractivity contribution is -0.114. The maximum Gasteiger partial charge on any atom is 0.223 e. The Kier molecular flexibility index (Phi) is 6.26. The third-order valence-electron chi connectivity index (χ3n) is 3.57. The number of nitrogens with one attached hydrogen (secondary N) is 1. The van der Waals surface area contributed by atoms with Crippen LogP contribution >= 0.6 is 34.2 Å². The molecule has 0 saturated carbocycles. The van der Waals surface area contributed by atoms with E-state index in [2.05, 4.69) is 48.1 Å². The number of hydrogen-bond acceptors (Lipinski definition) is 5. The lowest BCUT2D eigenvalue weighted by Crippen LogP contribution is -2.53. The van der Waals surface area contributed by atoms with Gasteiger partial charge in [0.25, 0.3) is 0 Å². The number of rotatable bonds is 4. The van der Waals surface area contributed by atoms with Gasteiger partial charge in [0.05, 0.1) is 0 Å². The van der Waals surface area contributed by atoms with Crippen LogP contribution in [0.2, 0.25) is 5.28 Å². The number of halogens is 1. The first-order valence-corrected chi connectivity index (χ1v) is 10.1. The van der Waals surface area contributed by atoms with Gasteiger partial charge in [0.2, 0.25) is 22.2 Å². The van der Waals surface area contributed by atoms with E-state index in [1.54, 1.807) is 11.3 Å². The van der Waals surface area contributed by atoms with Crippen molar-refractivity contribution in [2.24, 2.45) is 0 Å². The molecule has 0 spiro atoms. The van der Waals surface area contributed by atoms with E-state index in [0.29, 0.717) is 17.2 Å². The molecule has 2 atom stereocenters. The molecule has 1 aromatic heterocycles. The zero-order valence-corrected chi connectivity index (χ0v) is 17.1. The van der Waals surface area contributed by atoms with E-state index in [1.807, 2.05) is 6.20 Å². The standard InChI is InChI=1S/C12H18IN4OS.Al.2H/c1-8-6-17(13)9(2)5-16(8)7-11-4-14-12(19-11)15-10(3)18;;;/h4,8-9H,2,5-7H2,1,3H3,(H,14,15,18);;;. The zero-order valence-electron chi connectivity index (χ0n) is 12.1. The van der Waals surface area contributed by atoms with Gasteiger partial charge in [-0.25, -0.2) is 8.10 Å². The lowest BCUT2D eigenvalue weighted by Gasteiger charge is -2.42. The number of nitrogens with zero attached hydrogens (tertiary/aromatic N) is 3. The Hall–Kier alpha value is 0.282. The van der Waals surface area contributed by atoms with Crippen LogP contribution in [0, 0.1) is 0 Å². The van der Waals surface area contributed by atoms with Crippen molar-refractivity contribution in [3.8, 4) is 0 Å². The maximum atomic E-state index is 11.0. The van der Waals surface area contributed by atoms with E-state index >= 15 is 0 Å². The van der Waals surface area contributed by atoms with Crippen LogP contribution in [-0.2, 0) is 11.3 Å². The first-order valence-electron chi connectivity index (χ1n) is 6.88. The highest BCUT2D eigenvalue weighted by molar-refractivity contribution is 14.1. The fourth-order valence-electron chi connectivity index (χ4n) is 2.39. The number of aromatic nitrogens is 1. The summed E-state index contributed by atoms with van der Waals surface area (Å²) in [6.45, 7) is 6.97. The van der Waals surface area contributed by atoms with Gasteiger partial charge in [-0.1, -0.05) is 5.28 Å². The smallest absolute Gasteiger partial charge is 0.223 e. The number of carbonyl (C=O) groups is 1. The molecule has 1 N–H and O–H groups in total. The SMILES string of the molecule is CC(=O)Nc1ncc(CN2CC([CH2][AlH2])N(I)CC2C)s1. The van der Waals surface area contributed by atoms with Crippen LogP contribution in [0.25, 0.3) is 0 Å². The van der Waals surface area contributed by atoms with E-state index < -0.39 is 0 Å². The van der Waals surface area contributed by atoms with E-state index in [-0.39, 0.29) is 5.91 Å². The Labute approximate surface area is 146 Å². The molecule has 20 heavy (non-hydrogen) atoms. The number of anilines is 1. The summed E-state index contributed by atoms with van der Waals surface area (Å²) in [7, 11) is 0. The zero-order chi connectivity index (χ0) is 14.7. The molecular formula is C12H20AlIN4OS. The van der Waals surface area contributed by atoms with E-state index in [0.717, 1.165) is 19.6 Å². The predicted octanol–water partition coefficient (Wildman–Crippen LogP) is 1.38. The minimum absolute atomic E-state index is 0.0613. The second-order valence-electron chi connectivity index (χ2n) is 5.24. The predicted molar refractivity (Wildman–Crippen MR) is 94.2 cm³/mol. The fraction of sp³-hybridized carbons (Fsp3) is 0.667. The van der Waals surface area contributed by atoms with Gasteiger partial charge in [-0.2, -0.15) is 0 Å². The van der Waals surface area contributed by atoms with Crippen molar-refractivity contribution < 1.29 is 4.79 Å². The molecule has 1 aliphatic rings. The third-order valence-corrected chi connectivity index (χ3v) is 6.59. The molecule has 0 radical (unpaired) electrons. The van der Waals surface area contributed by atoms with Crippen molar-refractivity contribution in [2.75, 3.05) is 18.4 Å². The second-order valence-corrected chi connectivity index (χ2v) is 8.41. The summed E-state index contributed by atoms with van der Waals surface area (Å²) in [6, 6.07) is 1.24. The summed E-state index contributed by atoms with van der Waals surface area (Å²) >= 11 is 5.29. The molecule has 1 aromatic rings. The molecule has 110 valence electrons. The Balaban J connectivity index is 1.98. The van der Waals surface area contributed by atoms with Gasteiger partial charge in [0.15, 0.2) is 5.13 Å². The van der Waals surface area contributed by atoms with Crippen molar-refractivity contribution in [2.45, 2.75) is 37.8 Å². The average molecular weight is 422 g/mol. The largest absolute Gasteiger partial charge is 0.302 e. The van der Waals surface area contributed by atoms with E-state index in [9.17, 15) is 4.79 Å². The molecule has 1 amide bonds. The highest BCUT2D eigenvalue weighted by Crippen LogP contribution is 2.25. The minimum atomic E-state index is -0.0613. The van der Waals surface area contributed by atoms with Crippen molar-refractivity contribution in [3.05, 3.63) is 11.1 Å². The van der Waals surface area contributed by atoms with Gasteiger partial charge in [-0.3, -0.25) is 9.69 Å². The Morgan fingerprint density at radius 3 is 3.05 bits per heavy atom. The molecular weight excluding hydrogens is 402 g/mol. The number of hydrogen-bond donors (Lipinski definition) is 1. The highest BCUT2D eigenvalue weighted by Gasteiger charge is 2.29. The van der Waals surface area contributed by atoms with Gasteiger partial charge in [0.1, 0.15) is 0 Å². The molecule has 2 rings (SSSR count). The molecule has 1 aliphatic heterocycles. The summed E-state index contributed by atoms with van der Waals surface area (Å²) in [6.07, 6.45) is 1.88. The summed E-state index contributed by atoms with van der Waals surface area (Å²) < 4.78 is 2.46. The minimum Gasteiger partial charge on any atom is -0.302 e. The fourth-order valence-corrected chi connectivity index (χ4v) is 5.86. The number of thiazole rings is 1. The Morgan fingerprint density at radius 1 is 1.65 bits per heavy atom. The van der Waals surface area contributed by atoms with Crippen LogP contribution in [0.1, 0.15) is 18.7 Å². The van der Waals surface area contributed by atoms with E-state index in [4.69, 9.17) is 0 Å². The van der Waals surface area contributed by atoms with Crippen molar-refractivity contribution in [1.82, 2.24) is 13.0 Å². The maximum absolute atomic E-state index is 11.0. The van der Waals surface area contributed by atoms with Gasteiger partial charge in [-0.05, 0) is 6.92 Å². The molecule has 8 heteroatoms. The first kappa shape index (κ1) is 16.6. The average Bonchev–Trinajstić information content (AvgIpc) is 2.79. The van der Waals surface area contributed by atoms with Gasteiger partial charge in [-0.15, -0.1) is 11.3 Å². The normalized spacial score (nSPS) is 24.8. The summed E-state index contributed by atoms with van der Waals surface area (Å²) in [5, 5.41) is 4.76. The van der Waals surface area contributed by atoms with E-state index in [1.165, 1.54) is 33.4 Å². The molecule has 0 aromatic carbocycles. The van der Waals surface area contributed by atoms with Crippen molar-refractivity contribution >= 4 is 61.5 Å². The third kappa shape index (κ3) is 4.39. The number of carbonyl (C=O) groups excluding carboxylic acids is 1. The first-order chi connectivity index (χ1) is 9.49. The summed E-state index contributed by atoms with van der Waals surface area (Å²) in [5.41, 5.74) is 0. The Morgan fingerprint density at radius 2 is 2.40 bits per heavy atom.